The fraction of sp³-hybridized carbons (Fsp3) is 0.0588. The van der Waals surface area contributed by atoms with Crippen LogP contribution < -0.4 is 9.92 Å². The van der Waals surface area contributed by atoms with Gasteiger partial charge in [0.25, 0.3) is 0 Å². The second-order valence-corrected chi connectivity index (χ2v) is 6.94. The Hall–Kier alpha value is -3.07. The molecule has 26 heavy (non-hydrogen) atoms. The van der Waals surface area contributed by atoms with Crippen molar-refractivity contribution in [2.24, 2.45) is 0 Å². The second kappa shape index (κ2) is 6.68. The zero-order valence-electron chi connectivity index (χ0n) is 13.1. The van der Waals surface area contributed by atoms with Crippen molar-refractivity contribution in [3.05, 3.63) is 65.7 Å². The number of hydrogen-bond donors (Lipinski definition) is 2. The van der Waals surface area contributed by atoms with E-state index in [1.165, 1.54) is 0 Å². The van der Waals surface area contributed by atoms with Gasteiger partial charge in [0.1, 0.15) is 17.4 Å². The van der Waals surface area contributed by atoms with Gasteiger partial charge in [-0.2, -0.15) is 8.42 Å². The minimum Gasteiger partial charge on any atom is -0.501 e. The number of furan rings is 1. The molecule has 0 spiro atoms. The van der Waals surface area contributed by atoms with E-state index >= 15 is 0 Å². The monoisotopic (exact) mass is 381 g/mol. The number of aromatic hydroxyl groups is 1. The lowest BCUT2D eigenvalue weighted by molar-refractivity contribution is 0.432. The molecule has 3 rings (SSSR count). The number of anilines is 1. The van der Waals surface area contributed by atoms with E-state index in [-0.39, 0.29) is 0 Å². The molecule has 1 heterocycles. The molecule has 0 fully saturated rings. The Morgan fingerprint density at radius 3 is 2.50 bits per heavy atom. The highest BCUT2D eigenvalue weighted by Crippen LogP contribution is 2.46. The van der Waals surface area contributed by atoms with Gasteiger partial charge in [-0.05, 0) is 23.8 Å². The molecule has 0 bridgehead atoms. The quantitative estimate of drug-likeness (QED) is 0.657. The molecule has 1 aromatic heterocycles. The van der Waals surface area contributed by atoms with Gasteiger partial charge in [-0.15, -0.1) is 0 Å². The number of halogens is 2. The third-order valence-electron chi connectivity index (χ3n) is 3.44. The SMILES string of the molecule is Nc1oc(-c2cc(F)ccc2F)c(O)c1OS(=O)(=O)Cc1ccccc1. The summed E-state index contributed by atoms with van der Waals surface area (Å²) in [5.41, 5.74) is 5.56. The summed E-state index contributed by atoms with van der Waals surface area (Å²) in [6.45, 7) is 0. The van der Waals surface area contributed by atoms with Crippen LogP contribution in [0.15, 0.2) is 52.9 Å². The molecular weight excluding hydrogens is 368 g/mol. The van der Waals surface area contributed by atoms with Crippen LogP contribution in [0.1, 0.15) is 5.56 Å². The van der Waals surface area contributed by atoms with Gasteiger partial charge in [0.15, 0.2) is 5.76 Å². The van der Waals surface area contributed by atoms with Crippen molar-refractivity contribution in [2.45, 2.75) is 5.75 Å². The van der Waals surface area contributed by atoms with E-state index in [4.69, 9.17) is 14.3 Å². The topological polar surface area (TPSA) is 103 Å². The van der Waals surface area contributed by atoms with Crippen LogP contribution in [-0.4, -0.2) is 13.5 Å². The van der Waals surface area contributed by atoms with Crippen molar-refractivity contribution in [3.8, 4) is 22.8 Å². The zero-order valence-corrected chi connectivity index (χ0v) is 14.0. The highest BCUT2D eigenvalue weighted by atomic mass is 32.2. The number of benzene rings is 2. The highest BCUT2D eigenvalue weighted by Gasteiger charge is 2.27. The molecule has 3 N–H and O–H groups in total. The van der Waals surface area contributed by atoms with E-state index in [1.807, 2.05) is 0 Å². The lowest BCUT2D eigenvalue weighted by Gasteiger charge is -2.06. The lowest BCUT2D eigenvalue weighted by atomic mass is 10.1. The highest BCUT2D eigenvalue weighted by molar-refractivity contribution is 7.86. The minimum absolute atomic E-state index is 0.426. The molecule has 0 saturated heterocycles. The summed E-state index contributed by atoms with van der Waals surface area (Å²) in [5.74, 6) is -4.81. The van der Waals surface area contributed by atoms with Crippen LogP contribution >= 0.6 is 0 Å². The maximum absolute atomic E-state index is 13.9. The van der Waals surface area contributed by atoms with E-state index in [9.17, 15) is 22.3 Å². The Labute approximate surface area is 147 Å². The number of nitrogens with two attached hydrogens (primary N) is 1. The smallest absolute Gasteiger partial charge is 0.313 e. The Kier molecular flexibility index (Phi) is 4.56. The molecule has 9 heteroatoms. The molecule has 0 atom stereocenters. The Morgan fingerprint density at radius 2 is 1.81 bits per heavy atom. The number of rotatable bonds is 5. The fourth-order valence-corrected chi connectivity index (χ4v) is 3.37. The predicted octanol–water partition coefficient (Wildman–Crippen LogP) is 3.42. The zero-order chi connectivity index (χ0) is 18.9. The Morgan fingerprint density at radius 1 is 1.12 bits per heavy atom. The normalized spacial score (nSPS) is 11.5. The van der Waals surface area contributed by atoms with Crippen molar-refractivity contribution in [1.82, 2.24) is 0 Å². The first-order chi connectivity index (χ1) is 12.3. The Balaban J connectivity index is 1.95. The lowest BCUT2D eigenvalue weighted by Crippen LogP contribution is -2.12. The summed E-state index contributed by atoms with van der Waals surface area (Å²) in [7, 11) is -4.19. The van der Waals surface area contributed by atoms with Gasteiger partial charge in [0, 0.05) is 0 Å². The molecule has 0 radical (unpaired) electrons. The van der Waals surface area contributed by atoms with Crippen LogP contribution in [0.25, 0.3) is 11.3 Å². The standard InChI is InChI=1S/C17H13F2NO5S/c18-11-6-7-13(19)12(8-11)15-14(21)16(17(20)24-15)25-26(22,23)9-10-4-2-1-3-5-10/h1-8,21H,9,20H2. The van der Waals surface area contributed by atoms with Crippen molar-refractivity contribution in [2.75, 3.05) is 5.73 Å². The summed E-state index contributed by atoms with van der Waals surface area (Å²) in [4.78, 5) is 0. The first-order valence-corrected chi connectivity index (χ1v) is 8.87. The van der Waals surface area contributed by atoms with E-state index in [2.05, 4.69) is 0 Å². The summed E-state index contributed by atoms with van der Waals surface area (Å²) < 4.78 is 61.4. The largest absolute Gasteiger partial charge is 0.501 e. The van der Waals surface area contributed by atoms with Crippen molar-refractivity contribution in [1.29, 1.82) is 0 Å². The number of hydrogen-bond acceptors (Lipinski definition) is 6. The van der Waals surface area contributed by atoms with E-state index < -0.39 is 56.2 Å². The van der Waals surface area contributed by atoms with Crippen molar-refractivity contribution in [3.63, 3.8) is 0 Å². The maximum Gasteiger partial charge on any atom is 0.313 e. The van der Waals surface area contributed by atoms with E-state index in [0.717, 1.165) is 18.2 Å². The van der Waals surface area contributed by atoms with Gasteiger partial charge in [-0.1, -0.05) is 30.3 Å². The van der Waals surface area contributed by atoms with Gasteiger partial charge in [-0.25, -0.2) is 8.78 Å². The van der Waals surface area contributed by atoms with E-state index in [1.54, 1.807) is 30.3 Å². The first-order valence-electron chi connectivity index (χ1n) is 7.29. The molecule has 0 aliphatic carbocycles. The van der Waals surface area contributed by atoms with Gasteiger partial charge in [0.05, 0.1) is 5.56 Å². The maximum atomic E-state index is 13.9. The van der Waals surface area contributed by atoms with Crippen LogP contribution in [0.2, 0.25) is 0 Å². The molecule has 0 saturated carbocycles. The van der Waals surface area contributed by atoms with Crippen LogP contribution in [0.5, 0.6) is 11.5 Å². The molecule has 0 unspecified atom stereocenters. The molecule has 136 valence electrons. The molecule has 2 aromatic carbocycles. The third kappa shape index (κ3) is 3.62. The predicted molar refractivity (Wildman–Crippen MR) is 89.8 cm³/mol. The van der Waals surface area contributed by atoms with Gasteiger partial charge in [0.2, 0.25) is 17.4 Å². The van der Waals surface area contributed by atoms with Crippen LogP contribution in [0.3, 0.4) is 0 Å². The molecule has 3 aromatic rings. The summed E-state index contributed by atoms with van der Waals surface area (Å²) >= 11 is 0. The minimum atomic E-state index is -4.19. The van der Waals surface area contributed by atoms with Gasteiger partial charge in [-0.3, -0.25) is 0 Å². The average Bonchev–Trinajstić information content (AvgIpc) is 2.85. The van der Waals surface area contributed by atoms with Crippen LogP contribution in [0, 0.1) is 11.6 Å². The van der Waals surface area contributed by atoms with Gasteiger partial charge >= 0.3 is 10.1 Å². The van der Waals surface area contributed by atoms with Crippen LogP contribution in [-0.2, 0) is 15.9 Å². The average molecular weight is 381 g/mol. The van der Waals surface area contributed by atoms with Crippen molar-refractivity contribution < 1.29 is 30.9 Å². The number of nitrogen functional groups attached to an aromatic ring is 1. The summed E-state index contributed by atoms with van der Waals surface area (Å²) in [5, 5.41) is 10.2. The fourth-order valence-electron chi connectivity index (χ4n) is 2.29. The van der Waals surface area contributed by atoms with E-state index in [0.29, 0.717) is 5.56 Å². The van der Waals surface area contributed by atoms with Gasteiger partial charge < -0.3 is 19.4 Å². The molecular formula is C17H13F2NO5S. The third-order valence-corrected chi connectivity index (χ3v) is 4.54. The molecule has 0 aliphatic rings. The van der Waals surface area contributed by atoms with Crippen molar-refractivity contribution >= 4 is 16.0 Å². The molecule has 0 amide bonds. The first kappa shape index (κ1) is 17.7. The van der Waals surface area contributed by atoms with Crippen LogP contribution in [0.4, 0.5) is 14.7 Å². The summed E-state index contributed by atoms with van der Waals surface area (Å²) in [6, 6.07) is 10.7. The summed E-state index contributed by atoms with van der Waals surface area (Å²) in [6.07, 6.45) is 0. The Bertz CT molecular complexity index is 1050. The molecule has 0 aliphatic heterocycles. The molecule has 6 nitrogen and oxygen atoms in total. The second-order valence-electron chi connectivity index (χ2n) is 5.37.